The summed E-state index contributed by atoms with van der Waals surface area (Å²) in [5, 5.41) is 8.70. The topological polar surface area (TPSA) is 34.2 Å². The SMILES string of the molecule is CC(C)(C)NCc1nc(COCc2cccs2)cs1. The molecule has 0 saturated heterocycles. The van der Waals surface area contributed by atoms with Crippen LogP contribution in [-0.2, 0) is 24.5 Å². The van der Waals surface area contributed by atoms with Crippen LogP contribution in [0.5, 0.6) is 0 Å². The summed E-state index contributed by atoms with van der Waals surface area (Å²) in [5.41, 5.74) is 1.15. The van der Waals surface area contributed by atoms with Crippen LogP contribution in [0.3, 0.4) is 0 Å². The molecular weight excluding hydrogens is 276 g/mol. The van der Waals surface area contributed by atoms with E-state index in [1.165, 1.54) is 4.88 Å². The number of hydrogen-bond acceptors (Lipinski definition) is 5. The molecule has 0 bridgehead atoms. The van der Waals surface area contributed by atoms with Crippen molar-refractivity contribution in [2.45, 2.75) is 46.1 Å². The highest BCUT2D eigenvalue weighted by Crippen LogP contribution is 2.14. The molecule has 0 aliphatic carbocycles. The Morgan fingerprint density at radius 2 is 2.11 bits per heavy atom. The third kappa shape index (κ3) is 5.40. The van der Waals surface area contributed by atoms with Gasteiger partial charge in [-0.1, -0.05) is 6.07 Å². The molecule has 2 aromatic heterocycles. The van der Waals surface area contributed by atoms with Gasteiger partial charge in [-0.25, -0.2) is 4.98 Å². The van der Waals surface area contributed by atoms with Crippen molar-refractivity contribution in [3.8, 4) is 0 Å². The maximum Gasteiger partial charge on any atom is 0.107 e. The normalized spacial score (nSPS) is 11.9. The van der Waals surface area contributed by atoms with E-state index >= 15 is 0 Å². The van der Waals surface area contributed by atoms with Crippen LogP contribution in [0.15, 0.2) is 22.9 Å². The van der Waals surface area contributed by atoms with Crippen LogP contribution in [0.2, 0.25) is 0 Å². The smallest absolute Gasteiger partial charge is 0.107 e. The maximum atomic E-state index is 5.66. The third-order valence-corrected chi connectivity index (χ3v) is 4.19. The molecule has 2 rings (SSSR count). The molecule has 3 nitrogen and oxygen atoms in total. The van der Waals surface area contributed by atoms with Gasteiger partial charge < -0.3 is 10.1 Å². The van der Waals surface area contributed by atoms with E-state index in [2.05, 4.69) is 47.9 Å². The van der Waals surface area contributed by atoms with Crippen LogP contribution in [-0.4, -0.2) is 10.5 Å². The first-order valence-electron chi connectivity index (χ1n) is 6.31. The highest BCUT2D eigenvalue weighted by Gasteiger charge is 2.10. The molecule has 2 heterocycles. The van der Waals surface area contributed by atoms with Crippen molar-refractivity contribution in [3.05, 3.63) is 38.5 Å². The molecule has 2 aromatic rings. The van der Waals surface area contributed by atoms with Gasteiger partial charge in [-0.05, 0) is 32.2 Å². The molecule has 0 aromatic carbocycles. The number of ether oxygens (including phenoxy) is 1. The van der Waals surface area contributed by atoms with Crippen LogP contribution in [0, 0.1) is 0 Å². The molecule has 0 radical (unpaired) electrons. The summed E-state index contributed by atoms with van der Waals surface area (Å²) in [4.78, 5) is 5.82. The fourth-order valence-electron chi connectivity index (χ4n) is 1.49. The van der Waals surface area contributed by atoms with E-state index in [4.69, 9.17) is 4.74 Å². The second kappa shape index (κ2) is 6.61. The predicted octanol–water partition coefficient (Wildman–Crippen LogP) is 3.81. The molecule has 1 N–H and O–H groups in total. The van der Waals surface area contributed by atoms with Crippen molar-refractivity contribution in [3.63, 3.8) is 0 Å². The van der Waals surface area contributed by atoms with Crippen molar-refractivity contribution in [2.24, 2.45) is 0 Å². The van der Waals surface area contributed by atoms with Crippen LogP contribution in [0.4, 0.5) is 0 Å². The zero-order chi connectivity index (χ0) is 13.7. The summed E-state index contributed by atoms with van der Waals surface area (Å²) >= 11 is 3.41. The summed E-state index contributed by atoms with van der Waals surface area (Å²) in [7, 11) is 0. The van der Waals surface area contributed by atoms with Crippen LogP contribution < -0.4 is 5.32 Å². The van der Waals surface area contributed by atoms with Gasteiger partial charge in [0.25, 0.3) is 0 Å². The van der Waals surface area contributed by atoms with E-state index in [0.717, 1.165) is 17.2 Å². The quantitative estimate of drug-likeness (QED) is 0.880. The van der Waals surface area contributed by atoms with Crippen molar-refractivity contribution in [1.29, 1.82) is 0 Å². The highest BCUT2D eigenvalue weighted by atomic mass is 32.1. The highest BCUT2D eigenvalue weighted by molar-refractivity contribution is 7.10. The number of thiazole rings is 1. The predicted molar refractivity (Wildman–Crippen MR) is 81.5 cm³/mol. The first-order valence-corrected chi connectivity index (χ1v) is 8.07. The molecule has 0 unspecified atom stereocenters. The minimum absolute atomic E-state index is 0.126. The molecule has 0 fully saturated rings. The van der Waals surface area contributed by atoms with E-state index in [9.17, 15) is 0 Å². The number of thiophene rings is 1. The zero-order valence-electron chi connectivity index (χ0n) is 11.6. The first kappa shape index (κ1) is 14.7. The van der Waals surface area contributed by atoms with Gasteiger partial charge in [0.2, 0.25) is 0 Å². The largest absolute Gasteiger partial charge is 0.370 e. The summed E-state index contributed by atoms with van der Waals surface area (Å²) < 4.78 is 5.66. The lowest BCUT2D eigenvalue weighted by molar-refractivity contribution is 0.107. The van der Waals surface area contributed by atoms with Gasteiger partial charge in [0.1, 0.15) is 5.01 Å². The lowest BCUT2D eigenvalue weighted by Gasteiger charge is -2.19. The Balaban J connectivity index is 1.74. The van der Waals surface area contributed by atoms with Crippen LogP contribution in [0.1, 0.15) is 36.3 Å². The monoisotopic (exact) mass is 296 g/mol. The number of nitrogens with zero attached hydrogens (tertiary/aromatic N) is 1. The second-order valence-corrected chi connectivity index (χ2v) is 7.38. The minimum atomic E-state index is 0.126. The van der Waals surface area contributed by atoms with Crippen LogP contribution in [0.25, 0.3) is 0 Å². The van der Waals surface area contributed by atoms with Gasteiger partial charge in [-0.15, -0.1) is 22.7 Å². The van der Waals surface area contributed by atoms with E-state index in [1.54, 1.807) is 22.7 Å². The molecule has 0 atom stereocenters. The summed E-state index contributed by atoms with van der Waals surface area (Å²) in [5.74, 6) is 0. The Bertz CT molecular complexity index is 486. The van der Waals surface area contributed by atoms with Gasteiger partial charge >= 0.3 is 0 Å². The van der Waals surface area contributed by atoms with Gasteiger partial charge in [0.05, 0.1) is 18.9 Å². The lowest BCUT2D eigenvalue weighted by atomic mass is 10.1. The molecule has 19 heavy (non-hydrogen) atoms. The Morgan fingerprint density at radius 1 is 1.26 bits per heavy atom. The van der Waals surface area contributed by atoms with Gasteiger partial charge in [0.15, 0.2) is 0 Å². The molecular formula is C14H20N2OS2. The van der Waals surface area contributed by atoms with Crippen molar-refractivity contribution >= 4 is 22.7 Å². The fourth-order valence-corrected chi connectivity index (χ4v) is 2.85. The standard InChI is InChI=1S/C14H20N2OS2/c1-14(2,3)15-7-13-16-11(10-19-13)8-17-9-12-5-4-6-18-12/h4-6,10,15H,7-9H2,1-3H3. The Labute approximate surface area is 122 Å². The molecule has 0 aliphatic heterocycles. The summed E-state index contributed by atoms with van der Waals surface area (Å²) in [6, 6.07) is 4.13. The molecule has 0 aliphatic rings. The second-order valence-electron chi connectivity index (χ2n) is 5.41. The third-order valence-electron chi connectivity index (χ3n) is 2.44. The van der Waals surface area contributed by atoms with Gasteiger partial charge in [0, 0.05) is 22.3 Å². The zero-order valence-corrected chi connectivity index (χ0v) is 13.2. The van der Waals surface area contributed by atoms with Crippen molar-refractivity contribution < 1.29 is 4.74 Å². The minimum Gasteiger partial charge on any atom is -0.370 e. The summed E-state index contributed by atoms with van der Waals surface area (Å²) in [6.07, 6.45) is 0. The number of aromatic nitrogens is 1. The average molecular weight is 296 g/mol. The Hall–Kier alpha value is -0.750. The molecule has 0 saturated carbocycles. The molecule has 5 heteroatoms. The van der Waals surface area contributed by atoms with Gasteiger partial charge in [-0.2, -0.15) is 0 Å². The fraction of sp³-hybridized carbons (Fsp3) is 0.500. The van der Waals surface area contributed by atoms with E-state index in [-0.39, 0.29) is 5.54 Å². The maximum absolute atomic E-state index is 5.66. The molecule has 104 valence electrons. The Kier molecular flexibility index (Phi) is 5.10. The average Bonchev–Trinajstić information content (AvgIpc) is 2.97. The number of nitrogens with one attached hydrogen (secondary N) is 1. The van der Waals surface area contributed by atoms with E-state index in [0.29, 0.717) is 13.2 Å². The lowest BCUT2D eigenvalue weighted by Crippen LogP contribution is -2.35. The van der Waals surface area contributed by atoms with Crippen molar-refractivity contribution in [2.75, 3.05) is 0 Å². The van der Waals surface area contributed by atoms with E-state index < -0.39 is 0 Å². The van der Waals surface area contributed by atoms with E-state index in [1.807, 2.05) is 6.07 Å². The first-order chi connectivity index (χ1) is 9.03. The Morgan fingerprint density at radius 3 is 2.79 bits per heavy atom. The van der Waals surface area contributed by atoms with Gasteiger partial charge in [-0.3, -0.25) is 0 Å². The van der Waals surface area contributed by atoms with Crippen molar-refractivity contribution in [1.82, 2.24) is 10.3 Å². The summed E-state index contributed by atoms with van der Waals surface area (Å²) in [6.45, 7) is 8.55. The van der Waals surface area contributed by atoms with Crippen LogP contribution >= 0.6 is 22.7 Å². The number of hydrogen-bond donors (Lipinski definition) is 1. The molecule has 0 amide bonds. The molecule has 0 spiro atoms. The number of rotatable bonds is 6.